The molecular weight excluding hydrogens is 382 g/mol. The minimum Gasteiger partial charge on any atom is -0.481 e. The second-order valence-electron chi connectivity index (χ2n) is 4.30. The highest BCUT2D eigenvalue weighted by Crippen LogP contribution is 2.45. The van der Waals surface area contributed by atoms with Crippen molar-refractivity contribution in [1.82, 2.24) is 0 Å². The predicted octanol–water partition coefficient (Wildman–Crippen LogP) is 4.87. The Morgan fingerprint density at radius 2 is 2.00 bits per heavy atom. The summed E-state index contributed by atoms with van der Waals surface area (Å²) in [4.78, 5) is 10.7. The van der Waals surface area contributed by atoms with Crippen LogP contribution >= 0.6 is 43.2 Å². The van der Waals surface area contributed by atoms with Crippen LogP contribution in [0.4, 0.5) is 8.78 Å². The van der Waals surface area contributed by atoms with Crippen LogP contribution in [0.15, 0.2) is 14.3 Å². The Morgan fingerprint density at radius 1 is 1.47 bits per heavy atom. The maximum Gasteiger partial charge on any atom is 0.309 e. The minimum atomic E-state index is -3.15. The van der Waals surface area contributed by atoms with E-state index in [4.69, 9.17) is 5.11 Å². The van der Waals surface area contributed by atoms with Gasteiger partial charge in [-0.1, -0.05) is 0 Å². The normalized spacial score (nSPS) is 12.8. The van der Waals surface area contributed by atoms with E-state index in [1.54, 1.807) is 0 Å². The lowest BCUT2D eigenvalue weighted by Gasteiger charge is -2.24. The highest BCUT2D eigenvalue weighted by Gasteiger charge is 2.43. The lowest BCUT2D eigenvalue weighted by atomic mass is 9.86. The molecule has 0 aliphatic rings. The van der Waals surface area contributed by atoms with Gasteiger partial charge in [0.25, 0.3) is 5.92 Å². The number of carbonyl (C=O) groups is 1. The van der Waals surface area contributed by atoms with E-state index in [9.17, 15) is 13.6 Å². The van der Waals surface area contributed by atoms with Crippen molar-refractivity contribution in [3.05, 3.63) is 19.2 Å². The highest BCUT2D eigenvalue weighted by atomic mass is 79.9. The number of aliphatic carboxylic acids is 1. The quantitative estimate of drug-likeness (QED) is 0.795. The highest BCUT2D eigenvalue weighted by molar-refractivity contribution is 9.13. The molecule has 1 heterocycles. The van der Waals surface area contributed by atoms with E-state index in [-0.39, 0.29) is 4.88 Å². The van der Waals surface area contributed by atoms with Crippen molar-refractivity contribution in [2.75, 3.05) is 0 Å². The van der Waals surface area contributed by atoms with Gasteiger partial charge in [0.1, 0.15) is 0 Å². The molecule has 0 aliphatic carbocycles. The van der Waals surface area contributed by atoms with Crippen molar-refractivity contribution in [3.63, 3.8) is 0 Å². The molecular formula is C10H10Br2F2O2S. The predicted molar refractivity (Wildman–Crippen MR) is 69.6 cm³/mol. The van der Waals surface area contributed by atoms with Crippen molar-refractivity contribution in [3.8, 4) is 0 Å². The lowest BCUT2D eigenvalue weighted by molar-refractivity contribution is -0.153. The Kier molecular flexibility index (Phi) is 4.37. The van der Waals surface area contributed by atoms with Gasteiger partial charge in [-0.15, -0.1) is 11.3 Å². The maximum atomic E-state index is 13.9. The zero-order chi connectivity index (χ0) is 13.4. The molecule has 17 heavy (non-hydrogen) atoms. The van der Waals surface area contributed by atoms with Crippen LogP contribution in [-0.4, -0.2) is 11.1 Å². The van der Waals surface area contributed by atoms with E-state index in [1.807, 2.05) is 0 Å². The Bertz CT molecular complexity index is 424. The zero-order valence-electron chi connectivity index (χ0n) is 9.06. The number of halogens is 4. The van der Waals surface area contributed by atoms with E-state index in [0.717, 1.165) is 11.3 Å². The van der Waals surface area contributed by atoms with Crippen molar-refractivity contribution < 1.29 is 18.7 Å². The molecule has 0 saturated carbocycles. The van der Waals surface area contributed by atoms with Crippen molar-refractivity contribution in [2.24, 2.45) is 5.41 Å². The van der Waals surface area contributed by atoms with Crippen LogP contribution in [-0.2, 0) is 10.7 Å². The molecule has 2 nitrogen and oxygen atoms in total. The van der Waals surface area contributed by atoms with Gasteiger partial charge in [-0.2, -0.15) is 0 Å². The molecule has 1 rings (SSSR count). The third-order valence-electron chi connectivity index (χ3n) is 2.25. The summed E-state index contributed by atoms with van der Waals surface area (Å²) in [7, 11) is 0. The summed E-state index contributed by atoms with van der Waals surface area (Å²) in [6, 6.07) is 1.31. The Hall–Kier alpha value is -0.0100. The smallest absolute Gasteiger partial charge is 0.309 e. The van der Waals surface area contributed by atoms with Crippen LogP contribution < -0.4 is 0 Å². The molecule has 1 aromatic heterocycles. The number of carboxylic acid groups (broad SMARTS) is 1. The zero-order valence-corrected chi connectivity index (χ0v) is 13.0. The van der Waals surface area contributed by atoms with Crippen molar-refractivity contribution in [2.45, 2.75) is 26.2 Å². The van der Waals surface area contributed by atoms with Gasteiger partial charge in [-0.05, 0) is 51.8 Å². The molecule has 7 heteroatoms. The molecule has 0 amide bonds. The number of hydrogen-bond acceptors (Lipinski definition) is 2. The van der Waals surface area contributed by atoms with E-state index < -0.39 is 23.7 Å². The molecule has 0 spiro atoms. The topological polar surface area (TPSA) is 37.3 Å². The van der Waals surface area contributed by atoms with Gasteiger partial charge < -0.3 is 5.11 Å². The van der Waals surface area contributed by atoms with E-state index in [2.05, 4.69) is 31.9 Å². The third-order valence-corrected chi connectivity index (χ3v) is 5.62. The van der Waals surface area contributed by atoms with E-state index in [0.29, 0.717) is 8.26 Å². The Balaban J connectivity index is 3.00. The number of thiophene rings is 1. The van der Waals surface area contributed by atoms with Gasteiger partial charge in [0, 0.05) is 10.9 Å². The maximum absolute atomic E-state index is 13.9. The lowest BCUT2D eigenvalue weighted by Crippen LogP contribution is -2.30. The van der Waals surface area contributed by atoms with Crippen molar-refractivity contribution in [1.29, 1.82) is 0 Å². The summed E-state index contributed by atoms with van der Waals surface area (Å²) >= 11 is 7.17. The number of rotatable bonds is 4. The minimum absolute atomic E-state index is 0.148. The first-order valence-electron chi connectivity index (χ1n) is 4.63. The van der Waals surface area contributed by atoms with Gasteiger partial charge in [-0.3, -0.25) is 4.79 Å². The third kappa shape index (κ3) is 3.48. The van der Waals surface area contributed by atoms with Crippen molar-refractivity contribution >= 4 is 49.2 Å². The summed E-state index contributed by atoms with van der Waals surface area (Å²) in [5.74, 6) is -4.38. The van der Waals surface area contributed by atoms with Crippen LogP contribution in [0.5, 0.6) is 0 Å². The molecule has 96 valence electrons. The van der Waals surface area contributed by atoms with E-state index in [1.165, 1.54) is 19.9 Å². The molecule has 0 atom stereocenters. The number of alkyl halides is 2. The SMILES string of the molecule is CC(C)(CC(F)(F)c1cc(Br)c(Br)s1)C(=O)O. The summed E-state index contributed by atoms with van der Waals surface area (Å²) in [6.45, 7) is 2.59. The van der Waals surface area contributed by atoms with Crippen LogP contribution in [0, 0.1) is 5.41 Å². The Morgan fingerprint density at radius 3 is 2.35 bits per heavy atom. The van der Waals surface area contributed by atoms with E-state index >= 15 is 0 Å². The van der Waals surface area contributed by atoms with Gasteiger partial charge in [0.2, 0.25) is 0 Å². The number of hydrogen-bond donors (Lipinski definition) is 1. The Labute approximate surface area is 118 Å². The summed E-state index contributed by atoms with van der Waals surface area (Å²) in [5, 5.41) is 8.86. The average molecular weight is 392 g/mol. The molecule has 0 radical (unpaired) electrons. The first-order chi connectivity index (χ1) is 7.56. The average Bonchev–Trinajstić information content (AvgIpc) is 2.45. The van der Waals surface area contributed by atoms with Gasteiger partial charge >= 0.3 is 5.97 Å². The summed E-state index contributed by atoms with van der Waals surface area (Å²) < 4.78 is 28.9. The first kappa shape index (κ1) is 15.0. The molecule has 0 aromatic carbocycles. The van der Waals surface area contributed by atoms with Gasteiger partial charge in [0.15, 0.2) is 0 Å². The van der Waals surface area contributed by atoms with Crippen LogP contribution in [0.1, 0.15) is 25.1 Å². The molecule has 0 aliphatic heterocycles. The van der Waals surface area contributed by atoms with Gasteiger partial charge in [-0.25, -0.2) is 8.78 Å². The van der Waals surface area contributed by atoms with Crippen LogP contribution in [0.2, 0.25) is 0 Å². The molecule has 1 aromatic rings. The fourth-order valence-corrected chi connectivity index (χ4v) is 3.25. The summed E-state index contributed by atoms with van der Waals surface area (Å²) in [6.07, 6.45) is -0.727. The monoisotopic (exact) mass is 390 g/mol. The second-order valence-corrected chi connectivity index (χ2v) is 7.53. The first-order valence-corrected chi connectivity index (χ1v) is 7.03. The molecule has 0 fully saturated rings. The molecule has 0 saturated heterocycles. The van der Waals surface area contributed by atoms with Crippen LogP contribution in [0.25, 0.3) is 0 Å². The summed E-state index contributed by atoms with van der Waals surface area (Å²) in [5.41, 5.74) is -1.47. The fraction of sp³-hybridized carbons (Fsp3) is 0.500. The largest absolute Gasteiger partial charge is 0.481 e. The van der Waals surface area contributed by atoms with Gasteiger partial charge in [0.05, 0.1) is 14.1 Å². The van der Waals surface area contributed by atoms with Crippen LogP contribution in [0.3, 0.4) is 0 Å². The molecule has 1 N–H and O–H groups in total. The fourth-order valence-electron chi connectivity index (χ4n) is 1.24. The second kappa shape index (κ2) is 4.93. The number of carboxylic acids is 1. The molecule has 0 bridgehead atoms. The molecule has 0 unspecified atom stereocenters. The standard InChI is InChI=1S/C10H10Br2F2O2S/c1-9(2,8(15)16)4-10(13,14)6-3-5(11)7(12)17-6/h3H,4H2,1-2H3,(H,15,16).